The quantitative estimate of drug-likeness (QED) is 0.243. The first-order valence-electron chi connectivity index (χ1n) is 9.91. The van der Waals surface area contributed by atoms with E-state index in [1.165, 1.54) is 12.0 Å². The summed E-state index contributed by atoms with van der Waals surface area (Å²) in [4.78, 5) is 7.27. The highest BCUT2D eigenvalue weighted by Crippen LogP contribution is 2.21. The van der Waals surface area contributed by atoms with E-state index >= 15 is 0 Å². The molecule has 0 saturated carbocycles. The minimum atomic E-state index is 0. The van der Waals surface area contributed by atoms with Gasteiger partial charge in [-0.2, -0.15) is 16.9 Å². The second kappa shape index (κ2) is 11.8. The molecule has 0 spiro atoms. The maximum absolute atomic E-state index is 4.88. The molecule has 10 heteroatoms. The zero-order valence-electron chi connectivity index (χ0n) is 17.8. The predicted molar refractivity (Wildman–Crippen MR) is 130 cm³/mol. The molecule has 0 radical (unpaired) electrons. The van der Waals surface area contributed by atoms with Crippen LogP contribution in [0.15, 0.2) is 17.4 Å². The van der Waals surface area contributed by atoms with Gasteiger partial charge < -0.3 is 14.8 Å². The number of nitrogens with one attached hydrogen (secondary N) is 1. The van der Waals surface area contributed by atoms with Gasteiger partial charge in [-0.25, -0.2) is 4.99 Å². The van der Waals surface area contributed by atoms with Gasteiger partial charge >= 0.3 is 0 Å². The molecule has 162 valence electrons. The van der Waals surface area contributed by atoms with Crippen molar-refractivity contribution in [3.05, 3.63) is 29.6 Å². The van der Waals surface area contributed by atoms with Crippen molar-refractivity contribution in [1.82, 2.24) is 34.8 Å². The van der Waals surface area contributed by atoms with Crippen LogP contribution in [0.4, 0.5) is 0 Å². The average molecular weight is 533 g/mol. The summed E-state index contributed by atoms with van der Waals surface area (Å²) < 4.78 is 3.88. The van der Waals surface area contributed by atoms with E-state index in [1.54, 1.807) is 0 Å². The van der Waals surface area contributed by atoms with Gasteiger partial charge in [-0.15, -0.1) is 34.2 Å². The number of aromatic nitrogens is 5. The van der Waals surface area contributed by atoms with Crippen LogP contribution >= 0.6 is 35.7 Å². The first-order valence-corrected chi connectivity index (χ1v) is 11.3. The highest BCUT2D eigenvalue weighted by atomic mass is 127. The molecule has 0 amide bonds. The fourth-order valence-corrected chi connectivity index (χ4v) is 3.95. The van der Waals surface area contributed by atoms with Crippen molar-refractivity contribution in [2.45, 2.75) is 32.7 Å². The Balaban J connectivity index is 0.00000300. The van der Waals surface area contributed by atoms with E-state index < -0.39 is 0 Å². The molecule has 1 saturated heterocycles. The van der Waals surface area contributed by atoms with Crippen molar-refractivity contribution in [2.75, 3.05) is 31.6 Å². The molecule has 1 aliphatic heterocycles. The number of guanidine groups is 1. The maximum atomic E-state index is 4.88. The van der Waals surface area contributed by atoms with Crippen LogP contribution in [0.25, 0.3) is 0 Å². The van der Waals surface area contributed by atoms with Crippen LogP contribution < -0.4 is 5.32 Å². The van der Waals surface area contributed by atoms with Gasteiger partial charge in [0.2, 0.25) is 0 Å². The van der Waals surface area contributed by atoms with Gasteiger partial charge in [0.15, 0.2) is 11.8 Å². The van der Waals surface area contributed by atoms with Crippen molar-refractivity contribution >= 4 is 41.7 Å². The van der Waals surface area contributed by atoms with Gasteiger partial charge in [-0.3, -0.25) is 4.68 Å². The fourth-order valence-electron chi connectivity index (χ4n) is 3.52. The van der Waals surface area contributed by atoms with E-state index in [0.717, 1.165) is 55.8 Å². The van der Waals surface area contributed by atoms with Crippen molar-refractivity contribution in [3.8, 4) is 0 Å². The number of halogens is 1. The highest BCUT2D eigenvalue weighted by molar-refractivity contribution is 14.0. The zero-order valence-corrected chi connectivity index (χ0v) is 21.0. The smallest absolute Gasteiger partial charge is 0.194 e. The van der Waals surface area contributed by atoms with Crippen molar-refractivity contribution in [3.63, 3.8) is 0 Å². The van der Waals surface area contributed by atoms with Crippen LogP contribution in [0, 0.1) is 12.8 Å². The van der Waals surface area contributed by atoms with Gasteiger partial charge in [-0.1, -0.05) is 0 Å². The van der Waals surface area contributed by atoms with E-state index in [-0.39, 0.29) is 24.0 Å². The maximum Gasteiger partial charge on any atom is 0.194 e. The van der Waals surface area contributed by atoms with E-state index in [4.69, 9.17) is 4.99 Å². The molecule has 3 heterocycles. The summed E-state index contributed by atoms with van der Waals surface area (Å²) in [6.45, 7) is 5.52. The summed E-state index contributed by atoms with van der Waals surface area (Å²) in [5.74, 6) is 4.60. The lowest BCUT2D eigenvalue weighted by Gasteiger charge is -2.22. The second-order valence-corrected chi connectivity index (χ2v) is 8.45. The number of likely N-dealkylation sites (tertiary alicyclic amines) is 1. The molecule has 2 aromatic rings. The highest BCUT2D eigenvalue weighted by Gasteiger charge is 2.25. The molecule has 1 N–H and O–H groups in total. The average Bonchev–Trinajstić information content (AvgIpc) is 3.38. The van der Waals surface area contributed by atoms with E-state index in [2.05, 4.69) is 38.0 Å². The topological polar surface area (TPSA) is 76.2 Å². The number of hydrogen-bond acceptors (Lipinski definition) is 5. The lowest BCUT2D eigenvalue weighted by Crippen LogP contribution is -2.41. The Morgan fingerprint density at radius 1 is 1.34 bits per heavy atom. The first kappa shape index (κ1) is 24.0. The summed E-state index contributed by atoms with van der Waals surface area (Å²) in [7, 11) is 3.97. The molecular formula is C19H33IN8S. The molecule has 0 aromatic carbocycles. The Hall–Kier alpha value is -1.30. The molecule has 0 aliphatic carbocycles. The molecule has 3 rings (SSSR count). The number of rotatable bonds is 8. The summed E-state index contributed by atoms with van der Waals surface area (Å²) in [5, 5.41) is 16.2. The van der Waals surface area contributed by atoms with Gasteiger partial charge in [0.1, 0.15) is 12.4 Å². The van der Waals surface area contributed by atoms with Crippen LogP contribution in [0.5, 0.6) is 0 Å². The van der Waals surface area contributed by atoms with Crippen LogP contribution in [0.3, 0.4) is 0 Å². The third-order valence-corrected chi connectivity index (χ3v) is 5.93. The van der Waals surface area contributed by atoms with Gasteiger partial charge in [0.05, 0.1) is 6.20 Å². The summed E-state index contributed by atoms with van der Waals surface area (Å²) in [5.41, 5.74) is 1.32. The Kier molecular flexibility index (Phi) is 9.73. The third-order valence-electron chi connectivity index (χ3n) is 5.23. The third kappa shape index (κ3) is 6.87. The van der Waals surface area contributed by atoms with Crippen molar-refractivity contribution < 1.29 is 0 Å². The normalized spacial score (nSPS) is 16.9. The van der Waals surface area contributed by atoms with Crippen LogP contribution in [0.1, 0.15) is 30.1 Å². The molecule has 0 bridgehead atoms. The van der Waals surface area contributed by atoms with E-state index in [1.807, 2.05) is 48.2 Å². The number of aliphatic imine (C=N–C) groups is 1. The monoisotopic (exact) mass is 532 g/mol. The standard InChI is InChI=1S/C19H32N8S.HI/c1-15-23-24-18(26(15)3)12-21-19(20-7-5-9-28-4)27-8-6-16(14-27)10-17-11-22-25(2)13-17;/h11,13,16H,5-10,12,14H2,1-4H3,(H,20,21);1H. The SMILES string of the molecule is CSCCCNC(=NCc1nnc(C)n1C)N1CCC(Cc2cnn(C)c2)C1.I. The van der Waals surface area contributed by atoms with E-state index in [0.29, 0.717) is 12.5 Å². The summed E-state index contributed by atoms with van der Waals surface area (Å²) in [6.07, 6.45) is 9.64. The Morgan fingerprint density at radius 3 is 2.83 bits per heavy atom. The molecule has 29 heavy (non-hydrogen) atoms. The largest absolute Gasteiger partial charge is 0.356 e. The van der Waals surface area contributed by atoms with Gasteiger partial charge in [0, 0.05) is 39.9 Å². The van der Waals surface area contributed by atoms with Gasteiger partial charge in [-0.05, 0) is 49.7 Å². The Bertz CT molecular complexity index is 787. The first-order chi connectivity index (χ1) is 13.6. The van der Waals surface area contributed by atoms with Gasteiger partial charge in [0.25, 0.3) is 0 Å². The van der Waals surface area contributed by atoms with E-state index in [9.17, 15) is 0 Å². The van der Waals surface area contributed by atoms with Crippen LogP contribution in [-0.2, 0) is 27.1 Å². The number of nitrogens with zero attached hydrogens (tertiary/aromatic N) is 7. The molecule has 1 atom stereocenters. The predicted octanol–water partition coefficient (Wildman–Crippen LogP) is 2.24. The lowest BCUT2D eigenvalue weighted by molar-refractivity contribution is 0.458. The molecule has 1 unspecified atom stereocenters. The number of thioether (sulfide) groups is 1. The van der Waals surface area contributed by atoms with Crippen LogP contribution in [-0.4, -0.2) is 67.0 Å². The lowest BCUT2D eigenvalue weighted by atomic mass is 10.0. The summed E-state index contributed by atoms with van der Waals surface area (Å²) >= 11 is 1.88. The molecule has 1 fully saturated rings. The molecular weight excluding hydrogens is 499 g/mol. The number of aryl methyl sites for hydroxylation is 2. The minimum absolute atomic E-state index is 0. The zero-order chi connectivity index (χ0) is 19.9. The van der Waals surface area contributed by atoms with Crippen molar-refractivity contribution in [1.29, 1.82) is 0 Å². The second-order valence-electron chi connectivity index (χ2n) is 7.46. The van der Waals surface area contributed by atoms with Crippen molar-refractivity contribution in [2.24, 2.45) is 25.0 Å². The molecule has 8 nitrogen and oxygen atoms in total. The fraction of sp³-hybridized carbons (Fsp3) is 0.684. The van der Waals surface area contributed by atoms with Crippen LogP contribution in [0.2, 0.25) is 0 Å². The molecule has 1 aliphatic rings. The Morgan fingerprint density at radius 2 is 2.17 bits per heavy atom. The molecule has 2 aromatic heterocycles. The minimum Gasteiger partial charge on any atom is -0.356 e. The number of hydrogen-bond donors (Lipinski definition) is 1. The Labute approximate surface area is 194 Å². The summed E-state index contributed by atoms with van der Waals surface area (Å²) in [6, 6.07) is 0.